The SMILES string of the molecule is CC[C@@H](C)c1ccccc1NC(=O)c1cccc(Oc2ccccc2)c1. The van der Waals surface area contributed by atoms with E-state index < -0.39 is 0 Å². The summed E-state index contributed by atoms with van der Waals surface area (Å²) in [6.07, 6.45) is 1.02. The minimum atomic E-state index is -0.140. The lowest BCUT2D eigenvalue weighted by molar-refractivity contribution is 0.102. The molecule has 0 saturated carbocycles. The molecule has 0 aliphatic rings. The Kier molecular flexibility index (Phi) is 5.69. The highest BCUT2D eigenvalue weighted by Crippen LogP contribution is 2.27. The lowest BCUT2D eigenvalue weighted by atomic mass is 9.97. The quantitative estimate of drug-likeness (QED) is 0.574. The summed E-state index contributed by atoms with van der Waals surface area (Å²) >= 11 is 0. The first-order chi connectivity index (χ1) is 12.7. The summed E-state index contributed by atoms with van der Waals surface area (Å²) < 4.78 is 5.82. The fourth-order valence-corrected chi connectivity index (χ4v) is 2.78. The highest BCUT2D eigenvalue weighted by atomic mass is 16.5. The molecule has 3 nitrogen and oxygen atoms in total. The maximum atomic E-state index is 12.7. The van der Waals surface area contributed by atoms with Gasteiger partial charge in [-0.15, -0.1) is 0 Å². The number of carbonyl (C=O) groups is 1. The lowest BCUT2D eigenvalue weighted by Crippen LogP contribution is -2.14. The average Bonchev–Trinajstić information content (AvgIpc) is 2.69. The second kappa shape index (κ2) is 8.34. The number of anilines is 1. The first-order valence-electron chi connectivity index (χ1n) is 8.90. The summed E-state index contributed by atoms with van der Waals surface area (Å²) in [6.45, 7) is 4.31. The van der Waals surface area contributed by atoms with Gasteiger partial charge in [-0.3, -0.25) is 4.79 Å². The standard InChI is InChI=1S/C23H23NO2/c1-3-17(2)21-14-7-8-15-22(21)24-23(25)18-10-9-13-20(16-18)26-19-11-5-4-6-12-19/h4-17H,3H2,1-2H3,(H,24,25)/t17-/m1/s1. The molecule has 0 heterocycles. The molecule has 0 bridgehead atoms. The summed E-state index contributed by atoms with van der Waals surface area (Å²) in [7, 11) is 0. The topological polar surface area (TPSA) is 38.3 Å². The Morgan fingerprint density at radius 3 is 2.38 bits per heavy atom. The normalized spacial score (nSPS) is 11.6. The summed E-state index contributed by atoms with van der Waals surface area (Å²) in [5.74, 6) is 1.63. The summed E-state index contributed by atoms with van der Waals surface area (Å²) in [6, 6.07) is 24.7. The number of rotatable bonds is 6. The molecule has 3 aromatic carbocycles. The van der Waals surface area contributed by atoms with E-state index >= 15 is 0 Å². The van der Waals surface area contributed by atoms with Crippen molar-refractivity contribution in [3.05, 3.63) is 90.0 Å². The van der Waals surface area contributed by atoms with Crippen molar-refractivity contribution in [1.29, 1.82) is 0 Å². The van der Waals surface area contributed by atoms with E-state index in [0.717, 1.165) is 23.4 Å². The van der Waals surface area contributed by atoms with Gasteiger partial charge in [-0.05, 0) is 54.3 Å². The molecule has 1 N–H and O–H groups in total. The molecule has 3 rings (SSSR count). The van der Waals surface area contributed by atoms with Gasteiger partial charge >= 0.3 is 0 Å². The number of hydrogen-bond donors (Lipinski definition) is 1. The number of carbonyl (C=O) groups excluding carboxylic acids is 1. The van der Waals surface area contributed by atoms with Crippen LogP contribution in [0.25, 0.3) is 0 Å². The van der Waals surface area contributed by atoms with Crippen molar-refractivity contribution in [2.45, 2.75) is 26.2 Å². The molecular weight excluding hydrogens is 322 g/mol. The molecule has 0 aliphatic carbocycles. The Morgan fingerprint density at radius 2 is 1.62 bits per heavy atom. The van der Waals surface area contributed by atoms with Crippen LogP contribution in [0.1, 0.15) is 42.1 Å². The van der Waals surface area contributed by atoms with Crippen molar-refractivity contribution in [3.8, 4) is 11.5 Å². The maximum absolute atomic E-state index is 12.7. The van der Waals surface area contributed by atoms with Gasteiger partial charge in [0, 0.05) is 11.3 Å². The van der Waals surface area contributed by atoms with Crippen LogP contribution < -0.4 is 10.1 Å². The van der Waals surface area contributed by atoms with Gasteiger partial charge in [-0.2, -0.15) is 0 Å². The molecule has 0 fully saturated rings. The zero-order valence-corrected chi connectivity index (χ0v) is 15.1. The van der Waals surface area contributed by atoms with Crippen LogP contribution in [0.4, 0.5) is 5.69 Å². The van der Waals surface area contributed by atoms with Crippen molar-refractivity contribution in [3.63, 3.8) is 0 Å². The van der Waals surface area contributed by atoms with Crippen molar-refractivity contribution in [2.24, 2.45) is 0 Å². The van der Waals surface area contributed by atoms with Crippen LogP contribution in [0.3, 0.4) is 0 Å². The molecule has 1 atom stereocenters. The Balaban J connectivity index is 1.78. The van der Waals surface area contributed by atoms with Gasteiger partial charge in [-0.25, -0.2) is 0 Å². The van der Waals surface area contributed by atoms with Crippen molar-refractivity contribution >= 4 is 11.6 Å². The average molecular weight is 345 g/mol. The van der Waals surface area contributed by atoms with Crippen molar-refractivity contribution in [1.82, 2.24) is 0 Å². The van der Waals surface area contributed by atoms with Crippen LogP contribution in [0.2, 0.25) is 0 Å². The molecule has 3 heteroatoms. The molecule has 0 aromatic heterocycles. The second-order valence-corrected chi connectivity index (χ2v) is 6.29. The van der Waals surface area contributed by atoms with Gasteiger partial charge in [0.05, 0.1) is 0 Å². The second-order valence-electron chi connectivity index (χ2n) is 6.29. The zero-order chi connectivity index (χ0) is 18.4. The molecule has 0 aliphatic heterocycles. The fraction of sp³-hybridized carbons (Fsp3) is 0.174. The third-order valence-corrected chi connectivity index (χ3v) is 4.43. The van der Waals surface area contributed by atoms with Gasteiger partial charge in [0.2, 0.25) is 0 Å². The molecule has 0 spiro atoms. The fourth-order valence-electron chi connectivity index (χ4n) is 2.78. The molecule has 1 amide bonds. The summed E-state index contributed by atoms with van der Waals surface area (Å²) in [5.41, 5.74) is 2.58. The van der Waals surface area contributed by atoms with E-state index in [1.54, 1.807) is 12.1 Å². The summed E-state index contributed by atoms with van der Waals surface area (Å²) in [5, 5.41) is 3.04. The Hall–Kier alpha value is -3.07. The molecule has 132 valence electrons. The maximum Gasteiger partial charge on any atom is 0.255 e. The predicted molar refractivity (Wildman–Crippen MR) is 106 cm³/mol. The van der Waals surface area contributed by atoms with Crippen molar-refractivity contribution < 1.29 is 9.53 Å². The Labute approximate surface area is 154 Å². The van der Waals surface area contributed by atoms with Crippen LogP contribution in [0, 0.1) is 0 Å². The van der Waals surface area contributed by atoms with Gasteiger partial charge in [0.15, 0.2) is 0 Å². The monoisotopic (exact) mass is 345 g/mol. The van der Waals surface area contributed by atoms with E-state index in [4.69, 9.17) is 4.74 Å². The largest absolute Gasteiger partial charge is 0.457 e. The molecule has 0 saturated heterocycles. The number of amides is 1. The third-order valence-electron chi connectivity index (χ3n) is 4.43. The molecule has 0 unspecified atom stereocenters. The van der Waals surface area contributed by atoms with Crippen LogP contribution >= 0.6 is 0 Å². The van der Waals surface area contributed by atoms with E-state index in [0.29, 0.717) is 17.2 Å². The smallest absolute Gasteiger partial charge is 0.255 e. The molecular formula is C23H23NO2. The number of benzene rings is 3. The van der Waals surface area contributed by atoms with E-state index in [1.165, 1.54) is 0 Å². The minimum absolute atomic E-state index is 0.140. The van der Waals surface area contributed by atoms with Crippen LogP contribution in [0.15, 0.2) is 78.9 Å². The predicted octanol–water partition coefficient (Wildman–Crippen LogP) is 6.24. The first-order valence-corrected chi connectivity index (χ1v) is 8.90. The van der Waals surface area contributed by atoms with Gasteiger partial charge in [0.1, 0.15) is 11.5 Å². The number of para-hydroxylation sites is 2. The molecule has 3 aromatic rings. The Morgan fingerprint density at radius 1 is 0.923 bits per heavy atom. The highest BCUT2D eigenvalue weighted by molar-refractivity contribution is 6.04. The van der Waals surface area contributed by atoms with E-state index in [-0.39, 0.29) is 5.91 Å². The van der Waals surface area contributed by atoms with Crippen LogP contribution in [-0.2, 0) is 0 Å². The van der Waals surface area contributed by atoms with E-state index in [9.17, 15) is 4.79 Å². The summed E-state index contributed by atoms with van der Waals surface area (Å²) in [4.78, 5) is 12.7. The van der Waals surface area contributed by atoms with E-state index in [1.807, 2.05) is 60.7 Å². The lowest BCUT2D eigenvalue weighted by Gasteiger charge is -2.16. The number of ether oxygens (including phenoxy) is 1. The van der Waals surface area contributed by atoms with Gasteiger partial charge in [0.25, 0.3) is 5.91 Å². The third kappa shape index (κ3) is 4.31. The zero-order valence-electron chi connectivity index (χ0n) is 15.1. The van der Waals surface area contributed by atoms with E-state index in [2.05, 4.69) is 25.2 Å². The van der Waals surface area contributed by atoms with Crippen LogP contribution in [-0.4, -0.2) is 5.91 Å². The van der Waals surface area contributed by atoms with Gasteiger partial charge < -0.3 is 10.1 Å². The Bertz CT molecular complexity index is 874. The number of hydrogen-bond acceptors (Lipinski definition) is 2. The molecule has 26 heavy (non-hydrogen) atoms. The minimum Gasteiger partial charge on any atom is -0.457 e. The number of nitrogens with one attached hydrogen (secondary N) is 1. The highest BCUT2D eigenvalue weighted by Gasteiger charge is 2.13. The molecule has 0 radical (unpaired) electrons. The van der Waals surface area contributed by atoms with Gasteiger partial charge in [-0.1, -0.05) is 56.3 Å². The van der Waals surface area contributed by atoms with Crippen molar-refractivity contribution in [2.75, 3.05) is 5.32 Å². The first kappa shape index (κ1) is 17.7. The van der Waals surface area contributed by atoms with Crippen LogP contribution in [0.5, 0.6) is 11.5 Å².